The van der Waals surface area contributed by atoms with Crippen molar-refractivity contribution in [2.45, 2.75) is 16.5 Å². The fourth-order valence-corrected chi connectivity index (χ4v) is 2.64. The van der Waals surface area contributed by atoms with Crippen molar-refractivity contribution in [3.8, 4) is 0 Å². The smallest absolute Gasteiger partial charge is 0.124 e. The summed E-state index contributed by atoms with van der Waals surface area (Å²) in [6, 6.07) is 12.5. The SMILES string of the molecule is c1ccc2c(c1)CNc1cccnc1S2. The van der Waals surface area contributed by atoms with Crippen molar-refractivity contribution >= 4 is 17.4 Å². The summed E-state index contributed by atoms with van der Waals surface area (Å²) in [6.07, 6.45) is 1.83. The molecule has 2 nitrogen and oxygen atoms in total. The summed E-state index contributed by atoms with van der Waals surface area (Å²) in [5.41, 5.74) is 2.46. The van der Waals surface area contributed by atoms with Gasteiger partial charge in [-0.1, -0.05) is 30.0 Å². The molecule has 1 aliphatic rings. The zero-order valence-corrected chi connectivity index (χ0v) is 8.92. The number of hydrogen-bond donors (Lipinski definition) is 1. The highest BCUT2D eigenvalue weighted by atomic mass is 32.2. The molecule has 0 spiro atoms. The molecule has 1 aromatic heterocycles. The molecule has 3 heteroatoms. The Balaban J connectivity index is 2.10. The molecule has 0 amide bonds. The number of aromatic nitrogens is 1. The van der Waals surface area contributed by atoms with Crippen LogP contribution in [0.5, 0.6) is 0 Å². The van der Waals surface area contributed by atoms with Crippen molar-refractivity contribution in [1.82, 2.24) is 4.98 Å². The van der Waals surface area contributed by atoms with Gasteiger partial charge in [-0.15, -0.1) is 0 Å². The van der Waals surface area contributed by atoms with Gasteiger partial charge in [-0.25, -0.2) is 4.98 Å². The molecule has 15 heavy (non-hydrogen) atoms. The largest absolute Gasteiger partial charge is 0.379 e. The molecule has 0 bridgehead atoms. The number of hydrogen-bond acceptors (Lipinski definition) is 3. The van der Waals surface area contributed by atoms with Crippen LogP contribution in [0.3, 0.4) is 0 Å². The van der Waals surface area contributed by atoms with Gasteiger partial charge in [0.1, 0.15) is 5.03 Å². The maximum atomic E-state index is 4.38. The number of fused-ring (bicyclic) bond motifs is 2. The van der Waals surface area contributed by atoms with Gasteiger partial charge in [0, 0.05) is 17.6 Å². The Labute approximate surface area is 92.7 Å². The van der Waals surface area contributed by atoms with Gasteiger partial charge in [0.2, 0.25) is 0 Å². The molecule has 1 aromatic carbocycles. The minimum absolute atomic E-state index is 0.877. The van der Waals surface area contributed by atoms with Crippen molar-refractivity contribution < 1.29 is 0 Å². The summed E-state index contributed by atoms with van der Waals surface area (Å²) < 4.78 is 0. The first-order chi connectivity index (χ1) is 7.43. The van der Waals surface area contributed by atoms with E-state index in [1.165, 1.54) is 10.5 Å². The summed E-state index contributed by atoms with van der Waals surface area (Å²) in [4.78, 5) is 5.67. The van der Waals surface area contributed by atoms with Crippen LogP contribution in [0.15, 0.2) is 52.5 Å². The molecular weight excluding hydrogens is 204 g/mol. The van der Waals surface area contributed by atoms with Crippen molar-refractivity contribution in [3.63, 3.8) is 0 Å². The van der Waals surface area contributed by atoms with Crippen molar-refractivity contribution in [2.75, 3.05) is 5.32 Å². The van der Waals surface area contributed by atoms with Crippen LogP contribution >= 0.6 is 11.8 Å². The van der Waals surface area contributed by atoms with Gasteiger partial charge in [-0.2, -0.15) is 0 Å². The van der Waals surface area contributed by atoms with E-state index in [0.717, 1.165) is 17.3 Å². The third-order valence-electron chi connectivity index (χ3n) is 2.42. The molecule has 2 heterocycles. The maximum absolute atomic E-state index is 4.38. The standard InChI is InChI=1S/C12H10N2S/c1-2-6-11-9(4-1)8-14-10-5-3-7-13-12(10)15-11/h1-7,14H,8H2. The lowest BCUT2D eigenvalue weighted by Gasteiger charge is -2.03. The first kappa shape index (κ1) is 8.80. The Morgan fingerprint density at radius 2 is 2.07 bits per heavy atom. The molecular formula is C12H10N2S. The molecule has 2 aromatic rings. The second-order valence-electron chi connectivity index (χ2n) is 3.42. The molecule has 74 valence electrons. The molecule has 0 saturated carbocycles. The minimum Gasteiger partial charge on any atom is -0.379 e. The average molecular weight is 214 g/mol. The topological polar surface area (TPSA) is 24.9 Å². The maximum Gasteiger partial charge on any atom is 0.124 e. The third kappa shape index (κ3) is 1.59. The van der Waals surface area contributed by atoms with Crippen LogP contribution in [-0.4, -0.2) is 4.98 Å². The number of nitrogens with zero attached hydrogens (tertiary/aromatic N) is 1. The monoisotopic (exact) mass is 214 g/mol. The summed E-state index contributed by atoms with van der Waals surface area (Å²) in [7, 11) is 0. The number of nitrogens with one attached hydrogen (secondary N) is 1. The predicted molar refractivity (Wildman–Crippen MR) is 62.1 cm³/mol. The average Bonchev–Trinajstić information content (AvgIpc) is 2.48. The van der Waals surface area contributed by atoms with E-state index in [-0.39, 0.29) is 0 Å². The molecule has 0 atom stereocenters. The van der Waals surface area contributed by atoms with E-state index in [2.05, 4.69) is 40.6 Å². The number of rotatable bonds is 0. The van der Waals surface area contributed by atoms with E-state index in [1.807, 2.05) is 12.3 Å². The van der Waals surface area contributed by atoms with Crippen molar-refractivity contribution in [2.24, 2.45) is 0 Å². The van der Waals surface area contributed by atoms with Gasteiger partial charge in [-0.05, 0) is 23.8 Å². The molecule has 1 aliphatic heterocycles. The van der Waals surface area contributed by atoms with E-state index < -0.39 is 0 Å². The van der Waals surface area contributed by atoms with Crippen molar-refractivity contribution in [1.29, 1.82) is 0 Å². The highest BCUT2D eigenvalue weighted by Gasteiger charge is 2.12. The summed E-state index contributed by atoms with van der Waals surface area (Å²) in [5, 5.41) is 4.46. The van der Waals surface area contributed by atoms with Crippen LogP contribution in [0.4, 0.5) is 5.69 Å². The van der Waals surface area contributed by atoms with E-state index >= 15 is 0 Å². The zero-order chi connectivity index (χ0) is 10.1. The highest BCUT2D eigenvalue weighted by Crippen LogP contribution is 2.36. The molecule has 0 radical (unpaired) electrons. The first-order valence-electron chi connectivity index (χ1n) is 4.88. The second kappa shape index (κ2) is 3.59. The molecule has 0 unspecified atom stereocenters. The van der Waals surface area contributed by atoms with Crippen molar-refractivity contribution in [3.05, 3.63) is 48.2 Å². The normalized spacial score (nSPS) is 13.3. The lowest BCUT2D eigenvalue weighted by molar-refractivity contribution is 1.07. The number of pyridine rings is 1. The molecule has 0 fully saturated rings. The minimum atomic E-state index is 0.877. The van der Waals surface area contributed by atoms with Gasteiger partial charge in [0.15, 0.2) is 0 Å². The molecule has 3 rings (SSSR count). The zero-order valence-electron chi connectivity index (χ0n) is 8.10. The predicted octanol–water partition coefficient (Wildman–Crippen LogP) is 3.16. The van der Waals surface area contributed by atoms with Gasteiger partial charge >= 0.3 is 0 Å². The Morgan fingerprint density at radius 1 is 1.13 bits per heavy atom. The van der Waals surface area contributed by atoms with Crippen LogP contribution in [-0.2, 0) is 6.54 Å². The Morgan fingerprint density at radius 3 is 3.07 bits per heavy atom. The van der Waals surface area contributed by atoms with E-state index in [9.17, 15) is 0 Å². The lowest BCUT2D eigenvalue weighted by atomic mass is 10.2. The van der Waals surface area contributed by atoms with Crippen LogP contribution in [0, 0.1) is 0 Å². The van der Waals surface area contributed by atoms with E-state index in [0.29, 0.717) is 0 Å². The lowest BCUT2D eigenvalue weighted by Crippen LogP contribution is -1.98. The molecule has 1 N–H and O–H groups in total. The Bertz CT molecular complexity index is 451. The first-order valence-corrected chi connectivity index (χ1v) is 5.70. The fourth-order valence-electron chi connectivity index (χ4n) is 1.65. The quantitative estimate of drug-likeness (QED) is 0.729. The van der Waals surface area contributed by atoms with Crippen LogP contribution in [0.2, 0.25) is 0 Å². The van der Waals surface area contributed by atoms with Gasteiger partial charge in [0.05, 0.1) is 5.69 Å². The summed E-state index contributed by atoms with van der Waals surface area (Å²) >= 11 is 1.73. The highest BCUT2D eigenvalue weighted by molar-refractivity contribution is 7.99. The van der Waals surface area contributed by atoms with Crippen LogP contribution in [0.25, 0.3) is 0 Å². The van der Waals surface area contributed by atoms with Crippen LogP contribution < -0.4 is 5.32 Å². The van der Waals surface area contributed by atoms with Gasteiger partial charge in [-0.3, -0.25) is 0 Å². The molecule has 0 saturated heterocycles. The molecule has 0 aliphatic carbocycles. The van der Waals surface area contributed by atoms with E-state index in [1.54, 1.807) is 11.8 Å². The fraction of sp³-hybridized carbons (Fsp3) is 0.0833. The Hall–Kier alpha value is -1.48. The van der Waals surface area contributed by atoms with E-state index in [4.69, 9.17) is 0 Å². The number of benzene rings is 1. The number of anilines is 1. The summed E-state index contributed by atoms with van der Waals surface area (Å²) in [5.74, 6) is 0. The van der Waals surface area contributed by atoms with Crippen LogP contribution in [0.1, 0.15) is 5.56 Å². The second-order valence-corrected chi connectivity index (χ2v) is 4.45. The Kier molecular flexibility index (Phi) is 2.10. The van der Waals surface area contributed by atoms with Gasteiger partial charge < -0.3 is 5.32 Å². The van der Waals surface area contributed by atoms with Gasteiger partial charge in [0.25, 0.3) is 0 Å². The third-order valence-corrected chi connectivity index (χ3v) is 3.56. The summed E-state index contributed by atoms with van der Waals surface area (Å²) in [6.45, 7) is 0.877.